The summed E-state index contributed by atoms with van der Waals surface area (Å²) in [6, 6.07) is 6.11. The highest BCUT2D eigenvalue weighted by Gasteiger charge is 2.29. The van der Waals surface area contributed by atoms with Crippen molar-refractivity contribution in [1.29, 1.82) is 0 Å². The Hall–Kier alpha value is -2.35. The lowest BCUT2D eigenvalue weighted by Crippen LogP contribution is -2.38. The minimum atomic E-state index is -2.98. The molecule has 0 radical (unpaired) electrons. The molecule has 1 aromatic carbocycles. The Labute approximate surface area is 154 Å². The minimum absolute atomic E-state index is 0.189. The topological polar surface area (TPSA) is 90.0 Å². The number of carbonyl (C=O) groups excluding carboxylic acids is 2. The second-order valence-corrected chi connectivity index (χ2v) is 6.67. The molecule has 2 rings (SSSR count). The standard InChI is InChI=1S/C18H23NO6S/c1-2-25-18(21)15-8-4-6-10-17(15)19(26(22)23)16-9-5-3-7-14(16)11-12-24-13-20/h4,6-8,10,13,16,26H,2-3,5,9,11-12H2,1H3. The molecule has 142 valence electrons. The van der Waals surface area contributed by atoms with Gasteiger partial charge in [-0.25, -0.2) is 13.2 Å². The fourth-order valence-electron chi connectivity index (χ4n) is 3.12. The van der Waals surface area contributed by atoms with Gasteiger partial charge in [0.2, 0.25) is 10.9 Å². The summed E-state index contributed by atoms with van der Waals surface area (Å²) in [4.78, 5) is 22.6. The van der Waals surface area contributed by atoms with Crippen molar-refractivity contribution in [3.63, 3.8) is 0 Å². The first-order chi connectivity index (χ1) is 12.6. The number of allylic oxidation sites excluding steroid dienone is 1. The fraction of sp³-hybridized carbons (Fsp3) is 0.444. The van der Waals surface area contributed by atoms with E-state index in [1.807, 2.05) is 6.08 Å². The summed E-state index contributed by atoms with van der Waals surface area (Å²) >= 11 is 0. The monoisotopic (exact) mass is 381 g/mol. The summed E-state index contributed by atoms with van der Waals surface area (Å²) in [5, 5.41) is 0. The van der Waals surface area contributed by atoms with Gasteiger partial charge < -0.3 is 9.47 Å². The van der Waals surface area contributed by atoms with Crippen molar-refractivity contribution in [2.24, 2.45) is 0 Å². The molecular weight excluding hydrogens is 358 g/mol. The molecule has 1 aliphatic carbocycles. The summed E-state index contributed by atoms with van der Waals surface area (Å²) in [6.45, 7) is 2.46. The molecule has 0 saturated heterocycles. The molecule has 7 nitrogen and oxygen atoms in total. The molecule has 0 saturated carbocycles. The Morgan fingerprint density at radius 3 is 2.81 bits per heavy atom. The first-order valence-corrected chi connectivity index (χ1v) is 9.67. The molecule has 1 unspecified atom stereocenters. The van der Waals surface area contributed by atoms with Crippen LogP contribution in [0.15, 0.2) is 35.9 Å². The predicted octanol–water partition coefficient (Wildman–Crippen LogP) is 2.24. The van der Waals surface area contributed by atoms with E-state index in [-0.39, 0.29) is 18.8 Å². The van der Waals surface area contributed by atoms with Crippen LogP contribution in [0.5, 0.6) is 0 Å². The number of para-hydroxylation sites is 1. The zero-order chi connectivity index (χ0) is 18.9. The van der Waals surface area contributed by atoms with Gasteiger partial charge in [-0.05, 0) is 43.9 Å². The average molecular weight is 381 g/mol. The smallest absolute Gasteiger partial charge is 0.340 e. The van der Waals surface area contributed by atoms with Crippen LogP contribution in [0.3, 0.4) is 0 Å². The van der Waals surface area contributed by atoms with Gasteiger partial charge in [-0.1, -0.05) is 18.2 Å². The number of hydrogen-bond acceptors (Lipinski definition) is 6. The van der Waals surface area contributed by atoms with Crippen molar-refractivity contribution >= 4 is 29.0 Å². The lowest BCUT2D eigenvalue weighted by molar-refractivity contribution is -0.128. The molecule has 1 aromatic rings. The van der Waals surface area contributed by atoms with Crippen LogP contribution in [0.2, 0.25) is 0 Å². The molecular formula is C18H23NO6S. The maximum atomic E-state index is 12.2. The van der Waals surface area contributed by atoms with E-state index >= 15 is 0 Å². The van der Waals surface area contributed by atoms with E-state index in [1.54, 1.807) is 31.2 Å². The van der Waals surface area contributed by atoms with Crippen LogP contribution in [-0.4, -0.2) is 40.1 Å². The van der Waals surface area contributed by atoms with E-state index in [1.165, 1.54) is 4.31 Å². The predicted molar refractivity (Wildman–Crippen MR) is 97.5 cm³/mol. The van der Waals surface area contributed by atoms with E-state index in [2.05, 4.69) is 0 Å². The Kier molecular flexibility index (Phi) is 7.65. The number of thiol groups is 1. The molecule has 0 aliphatic heterocycles. The molecule has 0 N–H and O–H groups in total. The normalized spacial score (nSPS) is 16.7. The van der Waals surface area contributed by atoms with Crippen LogP contribution < -0.4 is 4.31 Å². The van der Waals surface area contributed by atoms with Crippen molar-refractivity contribution < 1.29 is 27.5 Å². The molecule has 1 atom stereocenters. The first kappa shape index (κ1) is 20.0. The Bertz CT molecular complexity index is 735. The number of hydrogen-bond donors (Lipinski definition) is 1. The van der Waals surface area contributed by atoms with Crippen molar-refractivity contribution in [1.82, 2.24) is 0 Å². The zero-order valence-corrected chi connectivity index (χ0v) is 15.5. The molecule has 0 heterocycles. The van der Waals surface area contributed by atoms with E-state index in [0.29, 0.717) is 25.0 Å². The Morgan fingerprint density at radius 1 is 1.35 bits per heavy atom. The van der Waals surface area contributed by atoms with Gasteiger partial charge in [0.15, 0.2) is 0 Å². The SMILES string of the molecule is CCOC(=O)c1ccccc1N(C1CCCC=C1CCOC=O)[SH](=O)=O. The summed E-state index contributed by atoms with van der Waals surface area (Å²) in [5.41, 5.74) is 1.40. The van der Waals surface area contributed by atoms with E-state index in [0.717, 1.165) is 18.4 Å². The van der Waals surface area contributed by atoms with Gasteiger partial charge in [-0.3, -0.25) is 9.10 Å². The number of nitrogens with zero attached hydrogens (tertiary/aromatic N) is 1. The van der Waals surface area contributed by atoms with Gasteiger partial charge >= 0.3 is 5.97 Å². The largest absolute Gasteiger partial charge is 0.468 e. The number of benzene rings is 1. The van der Waals surface area contributed by atoms with Crippen LogP contribution in [0.25, 0.3) is 0 Å². The third kappa shape index (κ3) is 4.85. The van der Waals surface area contributed by atoms with Crippen molar-refractivity contribution in [3.05, 3.63) is 41.5 Å². The third-order valence-corrected chi connectivity index (χ3v) is 5.06. The molecule has 1 aliphatic rings. The molecule has 8 heteroatoms. The maximum Gasteiger partial charge on any atom is 0.340 e. The number of esters is 1. The molecule has 0 fully saturated rings. The van der Waals surface area contributed by atoms with Gasteiger partial charge in [0.05, 0.1) is 30.5 Å². The number of anilines is 1. The quantitative estimate of drug-likeness (QED) is 0.232. The average Bonchev–Trinajstić information content (AvgIpc) is 2.64. The Morgan fingerprint density at radius 2 is 2.12 bits per heavy atom. The number of carbonyl (C=O) groups is 2. The highest BCUT2D eigenvalue weighted by molar-refractivity contribution is 7.74. The summed E-state index contributed by atoms with van der Waals surface area (Å²) in [6.07, 6.45) is 4.75. The lowest BCUT2D eigenvalue weighted by atomic mass is 9.91. The van der Waals surface area contributed by atoms with Crippen molar-refractivity contribution in [2.45, 2.75) is 38.6 Å². The molecule has 26 heavy (non-hydrogen) atoms. The lowest BCUT2D eigenvalue weighted by Gasteiger charge is -2.33. The van der Waals surface area contributed by atoms with Crippen LogP contribution >= 0.6 is 0 Å². The number of ether oxygens (including phenoxy) is 2. The van der Waals surface area contributed by atoms with Gasteiger partial charge in [-0.2, -0.15) is 0 Å². The summed E-state index contributed by atoms with van der Waals surface area (Å²) < 4.78 is 35.3. The molecule has 0 amide bonds. The van der Waals surface area contributed by atoms with Crippen LogP contribution in [0.1, 0.15) is 43.0 Å². The van der Waals surface area contributed by atoms with Crippen molar-refractivity contribution in [3.8, 4) is 0 Å². The summed E-state index contributed by atoms with van der Waals surface area (Å²) in [5.74, 6) is -0.560. The molecule has 0 spiro atoms. The van der Waals surface area contributed by atoms with Gasteiger partial charge in [0.1, 0.15) is 0 Å². The van der Waals surface area contributed by atoms with E-state index in [4.69, 9.17) is 9.47 Å². The Balaban J connectivity index is 2.40. The van der Waals surface area contributed by atoms with E-state index < -0.39 is 22.9 Å². The minimum Gasteiger partial charge on any atom is -0.468 e. The van der Waals surface area contributed by atoms with Crippen LogP contribution in [0.4, 0.5) is 5.69 Å². The fourth-order valence-corrected chi connectivity index (χ4v) is 3.96. The van der Waals surface area contributed by atoms with Crippen LogP contribution in [-0.2, 0) is 25.2 Å². The highest BCUT2D eigenvalue weighted by atomic mass is 32.2. The van der Waals surface area contributed by atoms with Crippen molar-refractivity contribution in [2.75, 3.05) is 17.5 Å². The van der Waals surface area contributed by atoms with Gasteiger partial charge in [-0.15, -0.1) is 0 Å². The maximum absolute atomic E-state index is 12.2. The van der Waals surface area contributed by atoms with E-state index in [9.17, 15) is 18.0 Å². The van der Waals surface area contributed by atoms with Crippen LogP contribution in [0, 0.1) is 0 Å². The number of rotatable bonds is 9. The third-order valence-electron chi connectivity index (χ3n) is 4.21. The van der Waals surface area contributed by atoms with Gasteiger partial charge in [0.25, 0.3) is 6.47 Å². The second-order valence-electron chi connectivity index (χ2n) is 5.76. The molecule has 0 aromatic heterocycles. The second kappa shape index (κ2) is 9.96. The zero-order valence-electron chi connectivity index (χ0n) is 14.6. The summed E-state index contributed by atoms with van der Waals surface area (Å²) in [7, 11) is -2.98. The molecule has 0 bridgehead atoms. The first-order valence-electron chi connectivity index (χ1n) is 8.54. The highest BCUT2D eigenvalue weighted by Crippen LogP contribution is 2.32. The van der Waals surface area contributed by atoms with Gasteiger partial charge in [0, 0.05) is 6.42 Å².